The van der Waals surface area contributed by atoms with Gasteiger partial charge in [-0.1, -0.05) is 23.8 Å². The molecule has 3 aromatic rings. The van der Waals surface area contributed by atoms with E-state index >= 15 is 0 Å². The highest BCUT2D eigenvalue weighted by molar-refractivity contribution is 7.86. The molecule has 6 nitrogen and oxygen atoms in total. The van der Waals surface area contributed by atoms with Crippen LogP contribution >= 0.6 is 0 Å². The van der Waals surface area contributed by atoms with Crippen molar-refractivity contribution >= 4 is 10.1 Å². The van der Waals surface area contributed by atoms with Crippen molar-refractivity contribution in [1.29, 1.82) is 0 Å². The van der Waals surface area contributed by atoms with E-state index in [2.05, 4.69) is 0 Å². The van der Waals surface area contributed by atoms with Crippen molar-refractivity contribution in [2.45, 2.75) is 13.8 Å². The second-order valence-electron chi connectivity index (χ2n) is 7.90. The van der Waals surface area contributed by atoms with Crippen LogP contribution in [-0.4, -0.2) is 35.5 Å². The maximum atomic E-state index is 14.9. The molecule has 0 amide bonds. The van der Waals surface area contributed by atoms with Crippen LogP contribution in [0.1, 0.15) is 13.8 Å². The molecule has 35 heavy (non-hydrogen) atoms. The van der Waals surface area contributed by atoms with E-state index < -0.39 is 21.8 Å². The van der Waals surface area contributed by atoms with Gasteiger partial charge in [-0.2, -0.15) is 8.42 Å². The van der Waals surface area contributed by atoms with Crippen molar-refractivity contribution in [3.8, 4) is 45.3 Å². The first-order valence-electron chi connectivity index (χ1n) is 10.5. The molecule has 0 aromatic heterocycles. The number of methoxy groups -OCH3 is 2. The number of benzene rings is 3. The molecular formula is C26H26F2O6S. The molecule has 0 bridgehead atoms. The Morgan fingerprint density at radius 3 is 2.09 bits per heavy atom. The van der Waals surface area contributed by atoms with Gasteiger partial charge in [-0.3, -0.25) is 0 Å². The topological polar surface area (TPSA) is 71.1 Å². The van der Waals surface area contributed by atoms with Gasteiger partial charge in [0.05, 0.1) is 26.0 Å². The second kappa shape index (κ2) is 10.8. The van der Waals surface area contributed by atoms with Crippen molar-refractivity contribution < 1.29 is 35.6 Å². The van der Waals surface area contributed by atoms with E-state index in [1.165, 1.54) is 50.6 Å². The molecule has 186 valence electrons. The first-order valence-corrected chi connectivity index (χ1v) is 12.4. The molecule has 9 heteroatoms. The number of rotatable bonds is 9. The van der Waals surface area contributed by atoms with Gasteiger partial charge >= 0.3 is 10.1 Å². The second-order valence-corrected chi connectivity index (χ2v) is 9.47. The minimum Gasteiger partial charge on any atom is -0.496 e. The molecule has 0 fully saturated rings. The number of hydrogen-bond donors (Lipinski definition) is 0. The van der Waals surface area contributed by atoms with Crippen LogP contribution in [0.15, 0.2) is 60.2 Å². The van der Waals surface area contributed by atoms with Crippen LogP contribution in [-0.2, 0) is 10.1 Å². The Kier molecular flexibility index (Phi) is 8.01. The van der Waals surface area contributed by atoms with Gasteiger partial charge in [0.2, 0.25) is 0 Å². The van der Waals surface area contributed by atoms with E-state index in [0.29, 0.717) is 11.1 Å². The summed E-state index contributed by atoms with van der Waals surface area (Å²) in [6.45, 7) is 4.01. The van der Waals surface area contributed by atoms with Crippen molar-refractivity contribution in [2.75, 3.05) is 27.1 Å². The normalized spacial score (nSPS) is 11.1. The largest absolute Gasteiger partial charge is 0.496 e. The minimum absolute atomic E-state index is 0.0331. The van der Waals surface area contributed by atoms with Crippen molar-refractivity contribution in [3.63, 3.8) is 0 Å². The van der Waals surface area contributed by atoms with Gasteiger partial charge in [0.15, 0.2) is 23.1 Å². The zero-order valence-corrected chi connectivity index (χ0v) is 20.8. The number of hydrogen-bond acceptors (Lipinski definition) is 6. The van der Waals surface area contributed by atoms with E-state index in [0.717, 1.165) is 11.8 Å². The Hall–Kier alpha value is -3.59. The average molecular weight is 505 g/mol. The number of allylic oxidation sites excluding steroid dienone is 1. The predicted molar refractivity (Wildman–Crippen MR) is 131 cm³/mol. The highest BCUT2D eigenvalue weighted by atomic mass is 32.2. The molecule has 0 radical (unpaired) electrons. The lowest BCUT2D eigenvalue weighted by Crippen LogP contribution is -2.09. The van der Waals surface area contributed by atoms with Crippen LogP contribution in [0.3, 0.4) is 0 Å². The molecule has 0 spiro atoms. The maximum Gasteiger partial charge on any atom is 0.306 e. The molecule has 0 atom stereocenters. The Labute approximate surface area is 203 Å². The highest BCUT2D eigenvalue weighted by Crippen LogP contribution is 2.51. The van der Waals surface area contributed by atoms with Gasteiger partial charge in [0.1, 0.15) is 18.2 Å². The summed E-state index contributed by atoms with van der Waals surface area (Å²) in [5.41, 5.74) is 2.39. The highest BCUT2D eigenvalue weighted by Gasteiger charge is 2.26. The summed E-state index contributed by atoms with van der Waals surface area (Å²) in [5, 5.41) is 0. The Balaban J connectivity index is 2.24. The summed E-state index contributed by atoms with van der Waals surface area (Å²) in [6.07, 6.45) is 2.70. The lowest BCUT2D eigenvalue weighted by atomic mass is 9.96. The van der Waals surface area contributed by atoms with Gasteiger partial charge in [0, 0.05) is 5.56 Å². The average Bonchev–Trinajstić information content (AvgIpc) is 2.78. The molecule has 0 N–H and O–H groups in total. The molecule has 3 aromatic carbocycles. The van der Waals surface area contributed by atoms with E-state index in [1.54, 1.807) is 12.1 Å². The Bertz CT molecular complexity index is 1350. The van der Waals surface area contributed by atoms with Crippen LogP contribution in [0.5, 0.6) is 23.0 Å². The summed E-state index contributed by atoms with van der Waals surface area (Å²) in [7, 11) is -1.30. The first kappa shape index (κ1) is 26.0. The van der Waals surface area contributed by atoms with Gasteiger partial charge in [-0.15, -0.1) is 0 Å². The maximum absolute atomic E-state index is 14.9. The lowest BCUT2D eigenvalue weighted by Gasteiger charge is -2.20. The van der Waals surface area contributed by atoms with E-state index in [9.17, 15) is 17.2 Å². The summed E-state index contributed by atoms with van der Waals surface area (Å²) in [5.74, 6) is -0.995. The van der Waals surface area contributed by atoms with Crippen LogP contribution < -0.4 is 18.4 Å². The van der Waals surface area contributed by atoms with Crippen molar-refractivity contribution in [2.24, 2.45) is 0 Å². The fourth-order valence-electron chi connectivity index (χ4n) is 3.40. The number of ether oxygens (including phenoxy) is 3. The zero-order valence-electron chi connectivity index (χ0n) is 20.0. The van der Waals surface area contributed by atoms with Gasteiger partial charge in [-0.25, -0.2) is 8.78 Å². The van der Waals surface area contributed by atoms with Crippen molar-refractivity contribution in [1.82, 2.24) is 0 Å². The van der Waals surface area contributed by atoms with Crippen LogP contribution in [0.4, 0.5) is 8.78 Å². The molecule has 0 aliphatic heterocycles. The molecular weight excluding hydrogens is 478 g/mol. The summed E-state index contributed by atoms with van der Waals surface area (Å²) in [4.78, 5) is 0. The zero-order chi connectivity index (χ0) is 25.8. The molecule has 0 heterocycles. The van der Waals surface area contributed by atoms with E-state index in [4.69, 9.17) is 18.4 Å². The first-order chi connectivity index (χ1) is 16.5. The molecule has 0 saturated heterocycles. The van der Waals surface area contributed by atoms with Gasteiger partial charge < -0.3 is 18.4 Å². The predicted octanol–water partition coefficient (Wildman–Crippen LogP) is 6.00. The lowest BCUT2D eigenvalue weighted by molar-refractivity contribution is 0.341. The summed E-state index contributed by atoms with van der Waals surface area (Å²) >= 11 is 0. The fourth-order valence-corrected chi connectivity index (χ4v) is 3.86. The monoisotopic (exact) mass is 504 g/mol. The van der Waals surface area contributed by atoms with E-state index in [-0.39, 0.29) is 40.7 Å². The molecule has 0 aliphatic rings. The van der Waals surface area contributed by atoms with E-state index in [1.807, 2.05) is 19.9 Å². The third kappa shape index (κ3) is 6.30. The smallest absolute Gasteiger partial charge is 0.306 e. The van der Waals surface area contributed by atoms with Crippen LogP contribution in [0.25, 0.3) is 22.3 Å². The third-order valence-electron chi connectivity index (χ3n) is 4.96. The molecule has 0 unspecified atom stereocenters. The molecule has 0 aliphatic carbocycles. The Morgan fingerprint density at radius 1 is 0.886 bits per heavy atom. The quantitative estimate of drug-likeness (QED) is 0.263. The number of halogens is 2. The third-order valence-corrected chi connectivity index (χ3v) is 5.43. The van der Waals surface area contributed by atoms with Crippen molar-refractivity contribution in [3.05, 3.63) is 71.8 Å². The standard InChI is InChI=1S/C26H26F2O6S/c1-16(2)12-13-33-22-11-8-18(14-21(22)28)24-23(31-3)15-20(17-6-9-19(27)10-7-17)25(32-4)26(24)34-35(5,29)30/h6-12,14-15H,13H2,1-5H3. The minimum atomic E-state index is -4.03. The summed E-state index contributed by atoms with van der Waals surface area (Å²) in [6, 6.07) is 11.3. The Morgan fingerprint density at radius 2 is 1.54 bits per heavy atom. The van der Waals surface area contributed by atoms with Crippen LogP contribution in [0.2, 0.25) is 0 Å². The SMILES string of the molecule is COc1cc(-c2ccc(F)cc2)c(OC)c(OS(C)(=O)=O)c1-c1ccc(OCC=C(C)C)c(F)c1. The fraction of sp³-hybridized carbons (Fsp3) is 0.231. The van der Waals surface area contributed by atoms with Gasteiger partial charge in [0.25, 0.3) is 0 Å². The summed E-state index contributed by atoms with van der Waals surface area (Å²) < 4.78 is 74.6. The molecule has 0 saturated carbocycles. The molecule has 3 rings (SSSR count). The van der Waals surface area contributed by atoms with Crippen LogP contribution in [0, 0.1) is 11.6 Å². The van der Waals surface area contributed by atoms with Gasteiger partial charge in [-0.05, 0) is 61.4 Å².